The van der Waals surface area contributed by atoms with Crippen LogP contribution in [0.5, 0.6) is 0 Å². The van der Waals surface area contributed by atoms with E-state index < -0.39 is 12.0 Å². The highest BCUT2D eigenvalue weighted by atomic mass is 32.1. The quantitative estimate of drug-likeness (QED) is 0.653. The molecule has 1 aromatic carbocycles. The third-order valence-electron chi connectivity index (χ3n) is 2.66. The average molecular weight is 280 g/mol. The van der Waals surface area contributed by atoms with Gasteiger partial charge in [0.25, 0.3) is 0 Å². The van der Waals surface area contributed by atoms with Gasteiger partial charge in [0.1, 0.15) is 5.82 Å². The van der Waals surface area contributed by atoms with Crippen LogP contribution in [0.2, 0.25) is 0 Å². The van der Waals surface area contributed by atoms with E-state index in [0.717, 1.165) is 5.56 Å². The normalized spacial score (nSPS) is 18.1. The van der Waals surface area contributed by atoms with Crippen LogP contribution in [-0.4, -0.2) is 17.7 Å². The van der Waals surface area contributed by atoms with Crippen LogP contribution in [0.3, 0.4) is 0 Å². The molecule has 1 heterocycles. The molecule has 0 radical (unpaired) electrons. The van der Waals surface area contributed by atoms with Crippen molar-refractivity contribution in [3.8, 4) is 0 Å². The fourth-order valence-electron chi connectivity index (χ4n) is 1.79. The summed E-state index contributed by atoms with van der Waals surface area (Å²) in [7, 11) is 0. The topological polar surface area (TPSA) is 50.4 Å². The highest BCUT2D eigenvalue weighted by Crippen LogP contribution is 2.24. The van der Waals surface area contributed by atoms with E-state index in [2.05, 4.69) is 10.6 Å². The van der Waals surface area contributed by atoms with Gasteiger partial charge in [-0.3, -0.25) is 0 Å². The average Bonchev–Trinajstić information content (AvgIpc) is 2.39. The lowest BCUT2D eigenvalue weighted by atomic mass is 9.98. The number of carbonyl (C=O) groups is 1. The number of nitrogens with one attached hydrogen (secondary N) is 2. The molecule has 0 saturated carbocycles. The van der Waals surface area contributed by atoms with Crippen molar-refractivity contribution in [2.24, 2.45) is 0 Å². The van der Waals surface area contributed by atoms with Crippen molar-refractivity contribution in [1.29, 1.82) is 0 Å². The molecule has 4 nitrogen and oxygen atoms in total. The maximum absolute atomic E-state index is 12.9. The molecule has 1 atom stereocenters. The molecule has 0 fully saturated rings. The predicted octanol–water partition coefficient (Wildman–Crippen LogP) is 1.79. The Labute approximate surface area is 115 Å². The molecule has 0 saturated heterocycles. The Kier molecular flexibility index (Phi) is 4.11. The molecule has 0 aromatic heterocycles. The number of hydrogen-bond donors (Lipinski definition) is 2. The van der Waals surface area contributed by atoms with Crippen molar-refractivity contribution in [2.75, 3.05) is 6.61 Å². The largest absolute Gasteiger partial charge is 0.463 e. The smallest absolute Gasteiger partial charge is 0.337 e. The summed E-state index contributed by atoms with van der Waals surface area (Å²) in [5.74, 6) is -0.763. The molecule has 0 bridgehead atoms. The second kappa shape index (κ2) is 5.79. The van der Waals surface area contributed by atoms with E-state index in [0.29, 0.717) is 10.7 Å². The van der Waals surface area contributed by atoms with E-state index in [-0.39, 0.29) is 12.4 Å². The van der Waals surface area contributed by atoms with Crippen LogP contribution in [0.1, 0.15) is 18.5 Å². The fraction of sp³-hybridized carbons (Fsp3) is 0.231. The van der Waals surface area contributed by atoms with Gasteiger partial charge in [-0.25, -0.2) is 9.18 Å². The molecule has 1 aliphatic heterocycles. The Bertz CT molecular complexity index is 528. The number of halogens is 1. The lowest BCUT2D eigenvalue weighted by molar-refractivity contribution is -0.138. The van der Waals surface area contributed by atoms with Crippen LogP contribution in [0.25, 0.3) is 0 Å². The van der Waals surface area contributed by atoms with Gasteiger partial charge >= 0.3 is 5.97 Å². The zero-order valence-electron chi connectivity index (χ0n) is 10.3. The maximum Gasteiger partial charge on any atom is 0.337 e. The summed E-state index contributed by atoms with van der Waals surface area (Å²) in [5.41, 5.74) is 1.15. The van der Waals surface area contributed by atoms with Crippen LogP contribution < -0.4 is 10.6 Å². The molecular formula is C13H13FN2O2S. The van der Waals surface area contributed by atoms with Crippen LogP contribution in [0.15, 0.2) is 36.0 Å². The minimum Gasteiger partial charge on any atom is -0.463 e. The van der Waals surface area contributed by atoms with Crippen molar-refractivity contribution in [1.82, 2.24) is 10.6 Å². The van der Waals surface area contributed by atoms with Crippen molar-refractivity contribution < 1.29 is 13.9 Å². The number of rotatable bonds is 3. The minimum atomic E-state index is -0.437. The lowest BCUT2D eigenvalue weighted by Crippen LogP contribution is -2.42. The molecule has 1 aromatic rings. The first-order chi connectivity index (χ1) is 9.11. The molecule has 0 amide bonds. The van der Waals surface area contributed by atoms with Gasteiger partial charge in [-0.2, -0.15) is 0 Å². The third kappa shape index (κ3) is 3.08. The Morgan fingerprint density at radius 2 is 2.11 bits per heavy atom. The van der Waals surface area contributed by atoms with Gasteiger partial charge in [0.15, 0.2) is 5.11 Å². The Morgan fingerprint density at radius 3 is 2.74 bits per heavy atom. The number of thiocarbonyl (C=S) groups is 1. The van der Waals surface area contributed by atoms with Crippen molar-refractivity contribution >= 4 is 23.3 Å². The van der Waals surface area contributed by atoms with Gasteiger partial charge in [-0.1, -0.05) is 12.1 Å². The SMILES string of the molecule is CCOC(=O)C1=CNC(=S)NC1c1ccc(F)cc1. The monoisotopic (exact) mass is 280 g/mol. The van der Waals surface area contributed by atoms with Gasteiger partial charge in [0.2, 0.25) is 0 Å². The molecule has 0 spiro atoms. The summed E-state index contributed by atoms with van der Waals surface area (Å²) in [6.45, 7) is 2.02. The molecule has 0 aliphatic carbocycles. The van der Waals surface area contributed by atoms with Crippen molar-refractivity contribution in [3.05, 3.63) is 47.4 Å². The number of carbonyl (C=O) groups excluding carboxylic acids is 1. The fourth-order valence-corrected chi connectivity index (χ4v) is 1.96. The molecule has 2 N–H and O–H groups in total. The van der Waals surface area contributed by atoms with Gasteiger partial charge in [0, 0.05) is 6.20 Å². The van der Waals surface area contributed by atoms with Crippen LogP contribution in [0, 0.1) is 5.82 Å². The molecule has 2 rings (SSSR count). The van der Waals surface area contributed by atoms with Crippen LogP contribution in [0.4, 0.5) is 4.39 Å². The van der Waals surface area contributed by atoms with E-state index in [1.165, 1.54) is 18.3 Å². The lowest BCUT2D eigenvalue weighted by Gasteiger charge is -2.26. The first-order valence-corrected chi connectivity index (χ1v) is 6.22. The maximum atomic E-state index is 12.9. The molecular weight excluding hydrogens is 267 g/mol. The third-order valence-corrected chi connectivity index (χ3v) is 2.90. The van der Waals surface area contributed by atoms with Gasteiger partial charge in [-0.15, -0.1) is 0 Å². The standard InChI is InChI=1S/C13H13FN2O2S/c1-2-18-12(17)10-7-15-13(19)16-11(10)8-3-5-9(14)6-4-8/h3-7,11H,2H2,1H3,(H2,15,16,19). The molecule has 19 heavy (non-hydrogen) atoms. The summed E-state index contributed by atoms with van der Waals surface area (Å²) in [6, 6.07) is 5.45. The van der Waals surface area contributed by atoms with E-state index in [4.69, 9.17) is 17.0 Å². The first-order valence-electron chi connectivity index (χ1n) is 5.81. The number of ether oxygens (including phenoxy) is 1. The Hall–Kier alpha value is -1.95. The molecule has 100 valence electrons. The van der Waals surface area contributed by atoms with E-state index in [9.17, 15) is 9.18 Å². The number of hydrogen-bond acceptors (Lipinski definition) is 3. The summed E-state index contributed by atoms with van der Waals surface area (Å²) < 4.78 is 17.9. The van der Waals surface area contributed by atoms with Crippen molar-refractivity contribution in [3.63, 3.8) is 0 Å². The molecule has 1 aliphatic rings. The van der Waals surface area contributed by atoms with Gasteiger partial charge < -0.3 is 15.4 Å². The summed E-state index contributed by atoms with van der Waals surface area (Å²) in [6.07, 6.45) is 1.52. The van der Waals surface area contributed by atoms with Gasteiger partial charge in [-0.05, 0) is 36.8 Å². The molecule has 1 unspecified atom stereocenters. The van der Waals surface area contributed by atoms with E-state index >= 15 is 0 Å². The first kappa shape index (κ1) is 13.5. The second-order valence-electron chi connectivity index (χ2n) is 3.92. The van der Waals surface area contributed by atoms with E-state index in [1.54, 1.807) is 19.1 Å². The predicted molar refractivity (Wildman–Crippen MR) is 72.7 cm³/mol. The number of esters is 1. The Morgan fingerprint density at radius 1 is 1.42 bits per heavy atom. The molecule has 6 heteroatoms. The van der Waals surface area contributed by atoms with E-state index in [1.807, 2.05) is 0 Å². The zero-order valence-corrected chi connectivity index (χ0v) is 11.1. The number of benzene rings is 1. The summed E-state index contributed by atoms with van der Waals surface area (Å²) >= 11 is 5.02. The summed E-state index contributed by atoms with van der Waals surface area (Å²) in [5, 5.41) is 6.14. The zero-order chi connectivity index (χ0) is 13.8. The second-order valence-corrected chi connectivity index (χ2v) is 4.33. The van der Waals surface area contributed by atoms with Gasteiger partial charge in [0.05, 0.1) is 18.2 Å². The Balaban J connectivity index is 2.31. The van der Waals surface area contributed by atoms with Crippen LogP contribution >= 0.6 is 12.2 Å². The van der Waals surface area contributed by atoms with Crippen LogP contribution in [-0.2, 0) is 9.53 Å². The minimum absolute atomic E-state index is 0.288. The summed E-state index contributed by atoms with van der Waals surface area (Å²) in [4.78, 5) is 11.9. The highest BCUT2D eigenvalue weighted by molar-refractivity contribution is 7.80. The highest BCUT2D eigenvalue weighted by Gasteiger charge is 2.27. The van der Waals surface area contributed by atoms with Crippen molar-refractivity contribution in [2.45, 2.75) is 13.0 Å².